The summed E-state index contributed by atoms with van der Waals surface area (Å²) in [5, 5.41) is 7.94. The fourth-order valence-corrected chi connectivity index (χ4v) is 2.54. The van der Waals surface area contributed by atoms with E-state index in [1.807, 2.05) is 0 Å². The van der Waals surface area contributed by atoms with Gasteiger partial charge in [0, 0.05) is 16.5 Å². The quantitative estimate of drug-likeness (QED) is 0.717. The van der Waals surface area contributed by atoms with E-state index in [0.29, 0.717) is 32.6 Å². The summed E-state index contributed by atoms with van der Waals surface area (Å²) in [7, 11) is 0. The second kappa shape index (κ2) is 4.72. The molecule has 2 aromatic carbocycles. The summed E-state index contributed by atoms with van der Waals surface area (Å²) >= 11 is 6.15. The molecular formula is C15H10ClFN2O. The van der Waals surface area contributed by atoms with Gasteiger partial charge < -0.3 is 0 Å². The number of benzene rings is 2. The molecule has 1 N–H and O–H groups in total. The fraction of sp³-hybridized carbons (Fsp3) is 0.0667. The lowest BCUT2D eigenvalue weighted by molar-refractivity contribution is 0.101. The molecule has 0 aliphatic rings. The smallest absolute Gasteiger partial charge is 0.160 e. The van der Waals surface area contributed by atoms with E-state index >= 15 is 0 Å². The third-order valence-corrected chi connectivity index (χ3v) is 3.49. The first-order valence-corrected chi connectivity index (χ1v) is 6.38. The number of aromatic nitrogens is 2. The fourth-order valence-electron chi connectivity index (χ4n) is 2.29. The predicted octanol–water partition coefficient (Wildman–Crippen LogP) is 4.23. The largest absolute Gasteiger partial charge is 0.294 e. The molecule has 0 saturated carbocycles. The molecule has 3 aromatic rings. The monoisotopic (exact) mass is 288 g/mol. The first-order chi connectivity index (χ1) is 9.58. The number of H-pyrrole nitrogens is 1. The van der Waals surface area contributed by atoms with Gasteiger partial charge in [-0.15, -0.1) is 0 Å². The Kier molecular flexibility index (Phi) is 3.03. The average molecular weight is 289 g/mol. The van der Waals surface area contributed by atoms with Gasteiger partial charge in [0.25, 0.3) is 0 Å². The summed E-state index contributed by atoms with van der Waals surface area (Å²) in [4.78, 5) is 11.9. The number of nitrogens with one attached hydrogen (secondary N) is 1. The van der Waals surface area contributed by atoms with Crippen molar-refractivity contribution in [1.82, 2.24) is 10.2 Å². The van der Waals surface area contributed by atoms with Crippen LogP contribution in [-0.2, 0) is 0 Å². The van der Waals surface area contributed by atoms with Crippen LogP contribution in [0.15, 0.2) is 36.5 Å². The van der Waals surface area contributed by atoms with E-state index in [4.69, 9.17) is 11.6 Å². The molecule has 1 aromatic heterocycles. The third-order valence-electron chi connectivity index (χ3n) is 3.18. The number of ketones is 1. The van der Waals surface area contributed by atoms with Crippen molar-refractivity contribution in [1.29, 1.82) is 0 Å². The number of nitrogens with zero attached hydrogens (tertiary/aromatic N) is 1. The number of halogens is 2. The van der Waals surface area contributed by atoms with Gasteiger partial charge in [-0.2, -0.15) is 5.10 Å². The van der Waals surface area contributed by atoms with Gasteiger partial charge in [-0.3, -0.25) is 9.89 Å². The van der Waals surface area contributed by atoms with Crippen LogP contribution < -0.4 is 0 Å². The second-order valence-corrected chi connectivity index (χ2v) is 4.91. The summed E-state index contributed by atoms with van der Waals surface area (Å²) < 4.78 is 13.5. The maximum atomic E-state index is 13.5. The molecule has 0 saturated heterocycles. The zero-order chi connectivity index (χ0) is 14.3. The van der Waals surface area contributed by atoms with Crippen LogP contribution >= 0.6 is 11.6 Å². The molecule has 0 aliphatic heterocycles. The van der Waals surface area contributed by atoms with Crippen LogP contribution in [0, 0.1) is 5.82 Å². The predicted molar refractivity (Wildman–Crippen MR) is 76.5 cm³/mol. The van der Waals surface area contributed by atoms with Crippen LogP contribution in [-0.4, -0.2) is 16.0 Å². The molecule has 20 heavy (non-hydrogen) atoms. The van der Waals surface area contributed by atoms with Gasteiger partial charge in [0.2, 0.25) is 0 Å². The SMILES string of the molecule is CC(=O)c1cc(Cl)c2cn[nH]c2c1-c1cccc(F)c1. The Hall–Kier alpha value is -2.20. The Balaban J connectivity index is 2.43. The lowest BCUT2D eigenvalue weighted by atomic mass is 9.95. The van der Waals surface area contributed by atoms with Crippen molar-refractivity contribution in [2.75, 3.05) is 0 Å². The molecule has 0 amide bonds. The van der Waals surface area contributed by atoms with Crippen LogP contribution in [0.25, 0.3) is 22.0 Å². The van der Waals surface area contributed by atoms with Crippen molar-refractivity contribution >= 4 is 28.3 Å². The molecule has 0 atom stereocenters. The van der Waals surface area contributed by atoms with Gasteiger partial charge in [-0.25, -0.2) is 4.39 Å². The Bertz CT molecular complexity index is 826. The number of fused-ring (bicyclic) bond motifs is 1. The minimum Gasteiger partial charge on any atom is -0.294 e. The Morgan fingerprint density at radius 2 is 2.15 bits per heavy atom. The highest BCUT2D eigenvalue weighted by molar-refractivity contribution is 6.36. The number of aromatic amines is 1. The minimum absolute atomic E-state index is 0.136. The topological polar surface area (TPSA) is 45.8 Å². The number of rotatable bonds is 2. The van der Waals surface area contributed by atoms with Gasteiger partial charge in [-0.05, 0) is 30.7 Å². The van der Waals surface area contributed by atoms with Crippen molar-refractivity contribution in [2.45, 2.75) is 6.92 Å². The van der Waals surface area contributed by atoms with Crippen LogP contribution in [0.1, 0.15) is 17.3 Å². The Morgan fingerprint density at radius 3 is 2.85 bits per heavy atom. The molecule has 3 nitrogen and oxygen atoms in total. The molecule has 100 valence electrons. The number of Topliss-reactive ketones (excluding diaryl/α,β-unsaturated/α-hetero) is 1. The maximum absolute atomic E-state index is 13.5. The molecular weight excluding hydrogens is 279 g/mol. The first-order valence-electron chi connectivity index (χ1n) is 6.00. The van der Waals surface area contributed by atoms with Gasteiger partial charge in [0.15, 0.2) is 5.78 Å². The maximum Gasteiger partial charge on any atom is 0.160 e. The first kappa shape index (κ1) is 12.8. The molecule has 0 unspecified atom stereocenters. The normalized spacial score (nSPS) is 10.9. The summed E-state index contributed by atoms with van der Waals surface area (Å²) in [6.07, 6.45) is 1.59. The number of carbonyl (C=O) groups excluding carboxylic acids is 1. The molecule has 0 bridgehead atoms. The molecule has 5 heteroatoms. The van der Waals surface area contributed by atoms with Crippen molar-refractivity contribution < 1.29 is 9.18 Å². The van der Waals surface area contributed by atoms with Crippen molar-refractivity contribution in [3.05, 3.63) is 52.9 Å². The zero-order valence-electron chi connectivity index (χ0n) is 10.6. The van der Waals surface area contributed by atoms with Crippen LogP contribution in [0.4, 0.5) is 4.39 Å². The Morgan fingerprint density at radius 1 is 1.35 bits per heavy atom. The van der Waals surface area contributed by atoms with Gasteiger partial charge in [0.05, 0.1) is 16.7 Å². The highest BCUT2D eigenvalue weighted by atomic mass is 35.5. The second-order valence-electron chi connectivity index (χ2n) is 4.51. The minimum atomic E-state index is -0.361. The molecule has 0 fully saturated rings. The third kappa shape index (κ3) is 1.98. The van der Waals surface area contributed by atoms with E-state index in [-0.39, 0.29) is 11.6 Å². The van der Waals surface area contributed by atoms with Crippen LogP contribution in [0.2, 0.25) is 5.02 Å². The molecule has 0 aliphatic carbocycles. The highest BCUT2D eigenvalue weighted by Gasteiger charge is 2.17. The highest BCUT2D eigenvalue weighted by Crippen LogP contribution is 2.35. The van der Waals surface area contributed by atoms with E-state index in [1.54, 1.807) is 24.4 Å². The molecule has 0 spiro atoms. The Labute approximate surface area is 119 Å². The molecule has 0 radical (unpaired) electrons. The number of hydrogen-bond acceptors (Lipinski definition) is 2. The van der Waals surface area contributed by atoms with Crippen molar-refractivity contribution in [3.8, 4) is 11.1 Å². The molecule has 3 rings (SSSR count). The van der Waals surface area contributed by atoms with E-state index in [9.17, 15) is 9.18 Å². The van der Waals surface area contributed by atoms with E-state index in [2.05, 4.69) is 10.2 Å². The summed E-state index contributed by atoms with van der Waals surface area (Å²) in [6, 6.07) is 7.69. The lowest BCUT2D eigenvalue weighted by Crippen LogP contribution is -1.98. The van der Waals surface area contributed by atoms with E-state index < -0.39 is 0 Å². The van der Waals surface area contributed by atoms with Crippen molar-refractivity contribution in [3.63, 3.8) is 0 Å². The standard InChI is InChI=1S/C15H10ClFN2O/c1-8(20)11-6-13(16)12-7-18-19-15(12)14(11)9-3-2-4-10(17)5-9/h2-7H,1H3,(H,18,19). The van der Waals surface area contributed by atoms with Crippen LogP contribution in [0.5, 0.6) is 0 Å². The average Bonchev–Trinajstić information content (AvgIpc) is 2.88. The summed E-state index contributed by atoms with van der Waals surface area (Å²) in [6.45, 7) is 1.46. The number of hydrogen-bond donors (Lipinski definition) is 1. The van der Waals surface area contributed by atoms with Crippen molar-refractivity contribution in [2.24, 2.45) is 0 Å². The zero-order valence-corrected chi connectivity index (χ0v) is 11.3. The van der Waals surface area contributed by atoms with E-state index in [1.165, 1.54) is 19.1 Å². The summed E-state index contributed by atoms with van der Waals surface area (Å²) in [5.41, 5.74) is 2.31. The van der Waals surface area contributed by atoms with Crippen LogP contribution in [0.3, 0.4) is 0 Å². The number of carbonyl (C=O) groups is 1. The van der Waals surface area contributed by atoms with Gasteiger partial charge in [0.1, 0.15) is 5.82 Å². The summed E-state index contributed by atoms with van der Waals surface area (Å²) in [5.74, 6) is -0.498. The lowest BCUT2D eigenvalue weighted by Gasteiger charge is -2.10. The van der Waals surface area contributed by atoms with Gasteiger partial charge in [-0.1, -0.05) is 23.7 Å². The molecule has 1 heterocycles. The van der Waals surface area contributed by atoms with E-state index in [0.717, 1.165) is 0 Å². The van der Waals surface area contributed by atoms with Gasteiger partial charge >= 0.3 is 0 Å².